The maximum atomic E-state index is 4.87. The summed E-state index contributed by atoms with van der Waals surface area (Å²) in [7, 11) is 0. The Morgan fingerprint density at radius 3 is 2.34 bits per heavy atom. The molecule has 0 fully saturated rings. The van der Waals surface area contributed by atoms with Crippen molar-refractivity contribution in [2.45, 2.75) is 32.6 Å². The Labute approximate surface area is 209 Å². The molecule has 0 saturated heterocycles. The van der Waals surface area contributed by atoms with Crippen LogP contribution in [0.15, 0.2) is 84.2 Å². The second-order valence-electron chi connectivity index (χ2n) is 9.05. The molecule has 0 saturated carbocycles. The van der Waals surface area contributed by atoms with Crippen molar-refractivity contribution in [3.8, 4) is 33.1 Å². The van der Waals surface area contributed by atoms with Gasteiger partial charge in [-0.05, 0) is 79.6 Å². The van der Waals surface area contributed by atoms with Crippen LogP contribution < -0.4 is 5.32 Å². The summed E-state index contributed by atoms with van der Waals surface area (Å²) in [5.74, 6) is 0.731. The SMILES string of the molecule is Cc1ccccc1-c1nc(-c2ccc(Nc3ccc(-c4ccc5c(c4)CCCC5)nn3)cc2)cs1. The Balaban J connectivity index is 1.15. The molecule has 0 aliphatic heterocycles. The molecule has 2 aromatic heterocycles. The quantitative estimate of drug-likeness (QED) is 0.282. The molecule has 0 amide bonds. The summed E-state index contributed by atoms with van der Waals surface area (Å²) in [6, 6.07) is 27.4. The summed E-state index contributed by atoms with van der Waals surface area (Å²) >= 11 is 1.68. The van der Waals surface area contributed by atoms with E-state index in [1.807, 2.05) is 12.1 Å². The van der Waals surface area contributed by atoms with Gasteiger partial charge in [-0.15, -0.1) is 21.5 Å². The minimum atomic E-state index is 0.731. The predicted molar refractivity (Wildman–Crippen MR) is 145 cm³/mol. The average Bonchev–Trinajstić information content (AvgIpc) is 3.40. The van der Waals surface area contributed by atoms with E-state index in [1.165, 1.54) is 47.9 Å². The molecule has 0 radical (unpaired) electrons. The van der Waals surface area contributed by atoms with Crippen LogP contribution in [-0.4, -0.2) is 15.2 Å². The van der Waals surface area contributed by atoms with Crippen LogP contribution in [0.1, 0.15) is 29.5 Å². The molecule has 5 heteroatoms. The molecule has 3 aromatic carbocycles. The van der Waals surface area contributed by atoms with Crippen molar-refractivity contribution < 1.29 is 0 Å². The van der Waals surface area contributed by atoms with E-state index in [0.717, 1.165) is 39.0 Å². The minimum absolute atomic E-state index is 0.731. The van der Waals surface area contributed by atoms with E-state index in [9.17, 15) is 0 Å². The Kier molecular flexibility index (Phi) is 5.84. The van der Waals surface area contributed by atoms with Gasteiger partial charge >= 0.3 is 0 Å². The number of nitrogens with one attached hydrogen (secondary N) is 1. The molecule has 1 aliphatic rings. The molecular formula is C30H26N4S. The normalized spacial score (nSPS) is 12.8. The van der Waals surface area contributed by atoms with Gasteiger partial charge in [-0.25, -0.2) is 4.98 Å². The van der Waals surface area contributed by atoms with Gasteiger partial charge in [0.1, 0.15) is 5.01 Å². The molecule has 1 N–H and O–H groups in total. The van der Waals surface area contributed by atoms with Gasteiger partial charge in [0.25, 0.3) is 0 Å². The van der Waals surface area contributed by atoms with Crippen molar-refractivity contribution in [3.05, 3.63) is 101 Å². The molecule has 0 bridgehead atoms. The van der Waals surface area contributed by atoms with E-state index in [4.69, 9.17) is 4.98 Å². The lowest BCUT2D eigenvalue weighted by molar-refractivity contribution is 0.686. The topological polar surface area (TPSA) is 50.7 Å². The van der Waals surface area contributed by atoms with Crippen LogP contribution >= 0.6 is 11.3 Å². The van der Waals surface area contributed by atoms with Crippen LogP contribution in [0.5, 0.6) is 0 Å². The molecule has 5 aromatic rings. The Hall–Kier alpha value is -3.83. The van der Waals surface area contributed by atoms with Crippen molar-refractivity contribution in [2.24, 2.45) is 0 Å². The maximum absolute atomic E-state index is 4.87. The number of aromatic nitrogens is 3. The molecule has 0 atom stereocenters. The molecule has 6 rings (SSSR count). The van der Waals surface area contributed by atoms with Gasteiger partial charge in [0.15, 0.2) is 5.82 Å². The highest BCUT2D eigenvalue weighted by molar-refractivity contribution is 7.13. The van der Waals surface area contributed by atoms with Gasteiger partial charge in [-0.3, -0.25) is 0 Å². The third kappa shape index (κ3) is 4.60. The number of aryl methyl sites for hydroxylation is 3. The van der Waals surface area contributed by atoms with Crippen molar-refractivity contribution in [2.75, 3.05) is 5.32 Å². The Morgan fingerprint density at radius 2 is 1.54 bits per heavy atom. The number of hydrogen-bond acceptors (Lipinski definition) is 5. The molecule has 4 nitrogen and oxygen atoms in total. The average molecular weight is 475 g/mol. The van der Waals surface area contributed by atoms with E-state index < -0.39 is 0 Å². The van der Waals surface area contributed by atoms with Crippen molar-refractivity contribution >= 4 is 22.8 Å². The highest BCUT2D eigenvalue weighted by atomic mass is 32.1. The predicted octanol–water partition coefficient (Wildman–Crippen LogP) is 7.86. The van der Waals surface area contributed by atoms with E-state index >= 15 is 0 Å². The van der Waals surface area contributed by atoms with Crippen LogP contribution in [-0.2, 0) is 12.8 Å². The Morgan fingerprint density at radius 1 is 0.743 bits per heavy atom. The molecule has 1 aliphatic carbocycles. The van der Waals surface area contributed by atoms with Gasteiger partial charge in [-0.2, -0.15) is 0 Å². The Bertz CT molecular complexity index is 1470. The number of anilines is 2. The fourth-order valence-electron chi connectivity index (χ4n) is 4.66. The fourth-order valence-corrected chi connectivity index (χ4v) is 5.58. The lowest BCUT2D eigenvalue weighted by atomic mass is 9.90. The van der Waals surface area contributed by atoms with Gasteiger partial charge in [-0.1, -0.05) is 48.5 Å². The van der Waals surface area contributed by atoms with Crippen LogP contribution in [0.4, 0.5) is 11.5 Å². The smallest absolute Gasteiger partial charge is 0.153 e. The van der Waals surface area contributed by atoms with Crippen LogP contribution in [0.2, 0.25) is 0 Å². The first kappa shape index (κ1) is 21.7. The lowest BCUT2D eigenvalue weighted by Crippen LogP contribution is -2.02. The summed E-state index contributed by atoms with van der Waals surface area (Å²) in [5, 5.41) is 15.4. The largest absolute Gasteiger partial charge is 0.339 e. The summed E-state index contributed by atoms with van der Waals surface area (Å²) in [5.41, 5.74) is 10.5. The standard InChI is InChI=1S/C30H26N4S/c1-20-6-2-5-9-26(20)30-32-28(19-35-30)22-12-14-25(15-13-22)31-29-17-16-27(33-34-29)24-11-10-21-7-3-4-8-23(21)18-24/h2,5-6,9-19H,3-4,7-8H2,1H3,(H,31,34). The molecule has 2 heterocycles. The number of fused-ring (bicyclic) bond motifs is 1. The number of benzene rings is 3. The van der Waals surface area contributed by atoms with Crippen LogP contribution in [0.25, 0.3) is 33.1 Å². The van der Waals surface area contributed by atoms with E-state index in [1.54, 1.807) is 11.3 Å². The highest BCUT2D eigenvalue weighted by Crippen LogP contribution is 2.31. The molecule has 35 heavy (non-hydrogen) atoms. The first-order valence-electron chi connectivity index (χ1n) is 12.1. The van der Waals surface area contributed by atoms with Crippen molar-refractivity contribution in [1.82, 2.24) is 15.2 Å². The van der Waals surface area contributed by atoms with Gasteiger partial charge in [0.2, 0.25) is 0 Å². The molecule has 0 unspecified atom stereocenters. The summed E-state index contributed by atoms with van der Waals surface area (Å²) < 4.78 is 0. The molecule has 0 spiro atoms. The second kappa shape index (κ2) is 9.43. The summed E-state index contributed by atoms with van der Waals surface area (Å²) in [6.45, 7) is 2.12. The van der Waals surface area contributed by atoms with Crippen LogP contribution in [0.3, 0.4) is 0 Å². The summed E-state index contributed by atoms with van der Waals surface area (Å²) in [4.78, 5) is 4.87. The van der Waals surface area contributed by atoms with Crippen molar-refractivity contribution in [3.63, 3.8) is 0 Å². The zero-order chi connectivity index (χ0) is 23.6. The first-order valence-corrected chi connectivity index (χ1v) is 13.0. The molecular weight excluding hydrogens is 448 g/mol. The van der Waals surface area contributed by atoms with Crippen molar-refractivity contribution in [1.29, 1.82) is 0 Å². The van der Waals surface area contributed by atoms with E-state index in [2.05, 4.69) is 94.5 Å². The lowest BCUT2D eigenvalue weighted by Gasteiger charge is -2.16. The second-order valence-corrected chi connectivity index (χ2v) is 9.91. The van der Waals surface area contributed by atoms with Gasteiger partial charge < -0.3 is 5.32 Å². The number of rotatable bonds is 5. The number of nitrogens with zero attached hydrogens (tertiary/aromatic N) is 3. The summed E-state index contributed by atoms with van der Waals surface area (Å²) in [6.07, 6.45) is 4.94. The number of thiazole rings is 1. The zero-order valence-electron chi connectivity index (χ0n) is 19.7. The zero-order valence-corrected chi connectivity index (χ0v) is 20.5. The maximum Gasteiger partial charge on any atom is 0.153 e. The monoisotopic (exact) mass is 474 g/mol. The first-order chi connectivity index (χ1) is 17.2. The third-order valence-corrected chi connectivity index (χ3v) is 7.52. The molecule has 172 valence electrons. The minimum Gasteiger partial charge on any atom is -0.339 e. The van der Waals surface area contributed by atoms with Gasteiger partial charge in [0, 0.05) is 27.8 Å². The third-order valence-electron chi connectivity index (χ3n) is 6.64. The van der Waals surface area contributed by atoms with Gasteiger partial charge in [0.05, 0.1) is 11.4 Å². The highest BCUT2D eigenvalue weighted by Gasteiger charge is 2.12. The van der Waals surface area contributed by atoms with E-state index in [0.29, 0.717) is 0 Å². The van der Waals surface area contributed by atoms with E-state index in [-0.39, 0.29) is 0 Å². The number of hydrogen-bond donors (Lipinski definition) is 1. The van der Waals surface area contributed by atoms with Crippen LogP contribution in [0, 0.1) is 6.92 Å². The fraction of sp³-hybridized carbons (Fsp3) is 0.167.